The van der Waals surface area contributed by atoms with Crippen LogP contribution in [0.4, 0.5) is 5.69 Å². The van der Waals surface area contributed by atoms with Crippen molar-refractivity contribution in [2.45, 2.75) is 27.7 Å². The van der Waals surface area contributed by atoms with Gasteiger partial charge in [0.05, 0.1) is 16.6 Å². The lowest BCUT2D eigenvalue weighted by molar-refractivity contribution is -0.384. The zero-order valence-electron chi connectivity index (χ0n) is 16.4. The lowest BCUT2D eigenvalue weighted by Crippen LogP contribution is -2.01. The summed E-state index contributed by atoms with van der Waals surface area (Å²) in [6.07, 6.45) is 1.84. The Kier molecular flexibility index (Phi) is 5.14. The minimum Gasteiger partial charge on any atom is -0.318 e. The fraction of sp³-hybridized carbons (Fsp3) is 0.174. The minimum absolute atomic E-state index is 0.00839. The molecule has 0 saturated carbocycles. The second-order valence-electron chi connectivity index (χ2n) is 6.93. The molecule has 0 radical (unpaired) electrons. The lowest BCUT2D eigenvalue weighted by atomic mass is 10.0. The van der Waals surface area contributed by atoms with Gasteiger partial charge < -0.3 is 4.57 Å². The van der Waals surface area contributed by atoms with Crippen molar-refractivity contribution in [1.29, 1.82) is 5.26 Å². The standard InChI is InChI=1S/C23H21N3O2/c1-15-5-10-23(16(2)11-15)25-17(3)12-20(18(25)4)13-21(14-24)19-6-8-22(9-7-19)26(27)28/h5-13H,1-4H3/b21-13+. The van der Waals surface area contributed by atoms with E-state index in [1.807, 2.05) is 19.9 Å². The number of aromatic nitrogens is 1. The Labute approximate surface area is 164 Å². The maximum Gasteiger partial charge on any atom is 0.269 e. The molecule has 0 amide bonds. The monoisotopic (exact) mass is 371 g/mol. The van der Waals surface area contributed by atoms with E-state index in [1.165, 1.54) is 23.3 Å². The van der Waals surface area contributed by atoms with Crippen LogP contribution in [0.2, 0.25) is 0 Å². The molecule has 140 valence electrons. The van der Waals surface area contributed by atoms with E-state index >= 15 is 0 Å². The van der Waals surface area contributed by atoms with Crippen LogP contribution in [0.3, 0.4) is 0 Å². The first kappa shape index (κ1) is 19.1. The number of hydrogen-bond acceptors (Lipinski definition) is 3. The number of allylic oxidation sites excluding steroid dienone is 1. The molecular formula is C23H21N3O2. The highest BCUT2D eigenvalue weighted by atomic mass is 16.6. The molecule has 0 N–H and O–H groups in total. The van der Waals surface area contributed by atoms with Gasteiger partial charge in [-0.2, -0.15) is 5.26 Å². The van der Waals surface area contributed by atoms with Gasteiger partial charge in [-0.3, -0.25) is 10.1 Å². The lowest BCUT2D eigenvalue weighted by Gasteiger charge is -2.13. The molecule has 1 aromatic heterocycles. The van der Waals surface area contributed by atoms with Crippen molar-refractivity contribution in [1.82, 2.24) is 4.57 Å². The summed E-state index contributed by atoms with van der Waals surface area (Å²) in [5, 5.41) is 20.5. The van der Waals surface area contributed by atoms with Crippen molar-refractivity contribution < 1.29 is 4.92 Å². The number of nitrogens with zero attached hydrogens (tertiary/aromatic N) is 3. The maximum atomic E-state index is 10.8. The van der Waals surface area contributed by atoms with Gasteiger partial charge in [0.25, 0.3) is 5.69 Å². The van der Waals surface area contributed by atoms with Crippen LogP contribution >= 0.6 is 0 Å². The molecule has 28 heavy (non-hydrogen) atoms. The molecule has 0 bridgehead atoms. The first-order chi connectivity index (χ1) is 13.3. The van der Waals surface area contributed by atoms with Crippen LogP contribution in [-0.4, -0.2) is 9.49 Å². The van der Waals surface area contributed by atoms with E-state index in [0.717, 1.165) is 22.6 Å². The number of benzene rings is 2. The Balaban J connectivity index is 2.06. The van der Waals surface area contributed by atoms with Crippen LogP contribution in [0.15, 0.2) is 48.5 Å². The molecule has 0 fully saturated rings. The average molecular weight is 371 g/mol. The molecule has 2 aromatic carbocycles. The topological polar surface area (TPSA) is 71.9 Å². The predicted molar refractivity (Wildman–Crippen MR) is 111 cm³/mol. The highest BCUT2D eigenvalue weighted by Gasteiger charge is 2.13. The van der Waals surface area contributed by atoms with Crippen molar-refractivity contribution in [3.05, 3.63) is 92.3 Å². The van der Waals surface area contributed by atoms with Gasteiger partial charge in [-0.05, 0) is 74.7 Å². The van der Waals surface area contributed by atoms with Crippen LogP contribution in [0.1, 0.15) is 33.6 Å². The smallest absolute Gasteiger partial charge is 0.269 e. The van der Waals surface area contributed by atoms with Crippen LogP contribution in [0.25, 0.3) is 17.3 Å². The molecule has 3 rings (SSSR count). The first-order valence-electron chi connectivity index (χ1n) is 8.95. The Bertz CT molecular complexity index is 1130. The Hall–Kier alpha value is -3.65. The van der Waals surface area contributed by atoms with Crippen LogP contribution in [0, 0.1) is 49.1 Å². The van der Waals surface area contributed by atoms with Crippen molar-refractivity contribution in [2.75, 3.05) is 0 Å². The summed E-state index contributed by atoms with van der Waals surface area (Å²) in [5.41, 5.74) is 7.73. The third-order valence-electron chi connectivity index (χ3n) is 4.87. The summed E-state index contributed by atoms with van der Waals surface area (Å²) in [5.74, 6) is 0. The van der Waals surface area contributed by atoms with E-state index < -0.39 is 4.92 Å². The van der Waals surface area contributed by atoms with Crippen LogP contribution in [-0.2, 0) is 0 Å². The normalized spacial score (nSPS) is 11.3. The summed E-state index contributed by atoms with van der Waals surface area (Å²) in [6.45, 7) is 8.24. The van der Waals surface area contributed by atoms with Crippen molar-refractivity contribution in [3.8, 4) is 11.8 Å². The molecule has 3 aromatic rings. The molecule has 1 heterocycles. The minimum atomic E-state index is -0.447. The van der Waals surface area contributed by atoms with Gasteiger partial charge in [0.1, 0.15) is 0 Å². The van der Waals surface area contributed by atoms with E-state index in [4.69, 9.17) is 0 Å². The van der Waals surface area contributed by atoms with Crippen molar-refractivity contribution >= 4 is 17.3 Å². The number of nitriles is 1. The molecule has 0 aliphatic carbocycles. The Morgan fingerprint density at radius 3 is 2.32 bits per heavy atom. The van der Waals surface area contributed by atoms with Gasteiger partial charge in [-0.15, -0.1) is 0 Å². The second-order valence-corrected chi connectivity index (χ2v) is 6.93. The molecular weight excluding hydrogens is 350 g/mol. The fourth-order valence-electron chi connectivity index (χ4n) is 3.46. The SMILES string of the molecule is Cc1ccc(-n2c(C)cc(/C=C(\C#N)c3ccc([N+](=O)[O-])cc3)c2C)c(C)c1. The van der Waals surface area contributed by atoms with E-state index in [2.05, 4.69) is 48.7 Å². The predicted octanol–water partition coefficient (Wildman–Crippen LogP) is 5.68. The van der Waals surface area contributed by atoms with Crippen LogP contribution in [0.5, 0.6) is 0 Å². The number of non-ortho nitro benzene ring substituents is 1. The summed E-state index contributed by atoms with van der Waals surface area (Å²) in [6, 6.07) is 16.7. The molecule has 0 aliphatic rings. The van der Waals surface area contributed by atoms with Gasteiger partial charge >= 0.3 is 0 Å². The van der Waals surface area contributed by atoms with Gasteiger partial charge in [0.2, 0.25) is 0 Å². The van der Waals surface area contributed by atoms with E-state index in [9.17, 15) is 15.4 Å². The van der Waals surface area contributed by atoms with E-state index in [1.54, 1.807) is 12.1 Å². The summed E-state index contributed by atoms with van der Waals surface area (Å²) in [7, 11) is 0. The molecule has 0 saturated heterocycles. The third kappa shape index (κ3) is 3.58. The van der Waals surface area contributed by atoms with Crippen molar-refractivity contribution in [3.63, 3.8) is 0 Å². The number of hydrogen-bond donors (Lipinski definition) is 0. The number of rotatable bonds is 4. The quantitative estimate of drug-likeness (QED) is 0.336. The van der Waals surface area contributed by atoms with Crippen LogP contribution < -0.4 is 0 Å². The van der Waals surface area contributed by atoms with E-state index in [0.29, 0.717) is 11.1 Å². The maximum absolute atomic E-state index is 10.8. The summed E-state index contributed by atoms with van der Waals surface area (Å²) < 4.78 is 2.19. The van der Waals surface area contributed by atoms with Gasteiger partial charge in [-0.1, -0.05) is 17.7 Å². The largest absolute Gasteiger partial charge is 0.318 e. The third-order valence-corrected chi connectivity index (χ3v) is 4.87. The van der Waals surface area contributed by atoms with Gasteiger partial charge in [-0.25, -0.2) is 0 Å². The van der Waals surface area contributed by atoms with E-state index in [-0.39, 0.29) is 5.69 Å². The Morgan fingerprint density at radius 2 is 1.75 bits per heavy atom. The fourth-order valence-corrected chi connectivity index (χ4v) is 3.46. The number of nitro groups is 1. The Morgan fingerprint density at radius 1 is 1.07 bits per heavy atom. The summed E-state index contributed by atoms with van der Waals surface area (Å²) in [4.78, 5) is 10.4. The molecule has 0 spiro atoms. The molecule has 0 aliphatic heterocycles. The first-order valence-corrected chi connectivity index (χ1v) is 8.95. The molecule has 0 unspecified atom stereocenters. The van der Waals surface area contributed by atoms with Gasteiger partial charge in [0.15, 0.2) is 0 Å². The second kappa shape index (κ2) is 7.53. The zero-order chi connectivity index (χ0) is 20.4. The van der Waals surface area contributed by atoms with Gasteiger partial charge in [0, 0.05) is 29.2 Å². The van der Waals surface area contributed by atoms with Crippen molar-refractivity contribution in [2.24, 2.45) is 0 Å². The number of aryl methyl sites for hydroxylation is 3. The highest BCUT2D eigenvalue weighted by Crippen LogP contribution is 2.27. The number of nitro benzene ring substituents is 1. The average Bonchev–Trinajstić information content (AvgIpc) is 2.93. The molecule has 5 nitrogen and oxygen atoms in total. The summed E-state index contributed by atoms with van der Waals surface area (Å²) >= 11 is 0. The zero-order valence-corrected chi connectivity index (χ0v) is 16.4. The molecule has 5 heteroatoms. The molecule has 0 atom stereocenters. The highest BCUT2D eigenvalue weighted by molar-refractivity contribution is 5.90.